The predicted octanol–water partition coefficient (Wildman–Crippen LogP) is 1.46. The standard InChI is InChI=1S/C11H17NO5S2/c1-4-17-8(3)5-12-19(15,16)10-7(2)6-18-9(10)11(13)14/h6,8,12H,4-5H2,1-3H3,(H,13,14). The average molecular weight is 307 g/mol. The Hall–Kier alpha value is -0.960. The van der Waals surface area contributed by atoms with Crippen molar-refractivity contribution >= 4 is 27.3 Å². The molecule has 19 heavy (non-hydrogen) atoms. The van der Waals surface area contributed by atoms with Crippen LogP contribution < -0.4 is 4.72 Å². The zero-order valence-electron chi connectivity index (χ0n) is 11.0. The number of nitrogens with one attached hydrogen (secondary N) is 1. The Kier molecular flexibility index (Phi) is 5.48. The largest absolute Gasteiger partial charge is 0.477 e. The van der Waals surface area contributed by atoms with Gasteiger partial charge >= 0.3 is 5.97 Å². The minimum absolute atomic E-state index is 0.102. The molecule has 0 saturated heterocycles. The Morgan fingerprint density at radius 2 is 2.21 bits per heavy atom. The average Bonchev–Trinajstić information content (AvgIpc) is 2.70. The number of aromatic carboxylic acids is 1. The molecule has 0 fully saturated rings. The molecule has 0 bridgehead atoms. The number of sulfonamides is 1. The molecule has 2 N–H and O–H groups in total. The monoisotopic (exact) mass is 307 g/mol. The van der Waals surface area contributed by atoms with Crippen LogP contribution in [0.1, 0.15) is 29.1 Å². The lowest BCUT2D eigenvalue weighted by Gasteiger charge is -2.13. The van der Waals surface area contributed by atoms with Crippen molar-refractivity contribution in [1.82, 2.24) is 4.72 Å². The highest BCUT2D eigenvalue weighted by molar-refractivity contribution is 7.89. The molecule has 0 saturated carbocycles. The van der Waals surface area contributed by atoms with Gasteiger partial charge in [-0.15, -0.1) is 11.3 Å². The topological polar surface area (TPSA) is 92.7 Å². The number of rotatable bonds is 7. The van der Waals surface area contributed by atoms with E-state index >= 15 is 0 Å². The van der Waals surface area contributed by atoms with E-state index in [2.05, 4.69) is 4.72 Å². The lowest BCUT2D eigenvalue weighted by molar-refractivity contribution is 0.0698. The second kappa shape index (κ2) is 6.47. The van der Waals surface area contributed by atoms with Crippen molar-refractivity contribution in [3.05, 3.63) is 15.8 Å². The molecule has 0 radical (unpaired) electrons. The minimum Gasteiger partial charge on any atom is -0.477 e. The second-order valence-corrected chi connectivity index (χ2v) is 6.58. The van der Waals surface area contributed by atoms with Crippen molar-refractivity contribution in [2.75, 3.05) is 13.2 Å². The van der Waals surface area contributed by atoms with E-state index < -0.39 is 16.0 Å². The fourth-order valence-electron chi connectivity index (χ4n) is 1.56. The maximum atomic E-state index is 12.1. The summed E-state index contributed by atoms with van der Waals surface area (Å²) in [5.74, 6) is -1.24. The number of ether oxygens (including phenoxy) is 1. The van der Waals surface area contributed by atoms with Gasteiger partial charge in [0.05, 0.1) is 6.10 Å². The van der Waals surface area contributed by atoms with E-state index in [9.17, 15) is 13.2 Å². The summed E-state index contributed by atoms with van der Waals surface area (Å²) in [4.78, 5) is 10.7. The van der Waals surface area contributed by atoms with Crippen LogP contribution in [0, 0.1) is 6.92 Å². The summed E-state index contributed by atoms with van der Waals surface area (Å²) in [5, 5.41) is 10.5. The van der Waals surface area contributed by atoms with Crippen LogP contribution in [0.2, 0.25) is 0 Å². The van der Waals surface area contributed by atoms with Crippen LogP contribution in [-0.4, -0.2) is 38.7 Å². The van der Waals surface area contributed by atoms with E-state index in [1.807, 2.05) is 6.92 Å². The van der Waals surface area contributed by atoms with E-state index in [-0.39, 0.29) is 22.4 Å². The fraction of sp³-hybridized carbons (Fsp3) is 0.545. The summed E-state index contributed by atoms with van der Waals surface area (Å²) in [7, 11) is -3.84. The van der Waals surface area contributed by atoms with Gasteiger partial charge in [-0.3, -0.25) is 0 Å². The highest BCUT2D eigenvalue weighted by Crippen LogP contribution is 2.26. The molecule has 0 aliphatic rings. The normalized spacial score (nSPS) is 13.4. The van der Waals surface area contributed by atoms with E-state index in [1.165, 1.54) is 5.38 Å². The van der Waals surface area contributed by atoms with E-state index in [1.54, 1.807) is 13.8 Å². The van der Waals surface area contributed by atoms with Crippen LogP contribution in [0.25, 0.3) is 0 Å². The van der Waals surface area contributed by atoms with E-state index in [0.29, 0.717) is 12.2 Å². The third-order valence-corrected chi connectivity index (χ3v) is 5.22. The summed E-state index contributed by atoms with van der Waals surface area (Å²) < 4.78 is 31.8. The Bertz CT molecular complexity index is 549. The van der Waals surface area contributed by atoms with Gasteiger partial charge in [0.25, 0.3) is 0 Å². The molecule has 0 aliphatic heterocycles. The number of hydrogen-bond donors (Lipinski definition) is 2. The molecule has 1 aromatic heterocycles. The molecule has 1 rings (SSSR count). The highest BCUT2D eigenvalue weighted by atomic mass is 32.2. The molecular formula is C11H17NO5S2. The van der Waals surface area contributed by atoms with Gasteiger partial charge in [0.2, 0.25) is 10.0 Å². The maximum Gasteiger partial charge on any atom is 0.347 e. The first kappa shape index (κ1) is 16.1. The second-order valence-electron chi connectivity index (χ2n) is 4.00. The van der Waals surface area contributed by atoms with Crippen LogP contribution in [0.3, 0.4) is 0 Å². The van der Waals surface area contributed by atoms with E-state index in [0.717, 1.165) is 11.3 Å². The first-order valence-corrected chi connectivity index (χ1v) is 8.08. The van der Waals surface area contributed by atoms with Crippen molar-refractivity contribution in [2.45, 2.75) is 31.8 Å². The Balaban J connectivity index is 2.95. The van der Waals surface area contributed by atoms with Crippen molar-refractivity contribution in [2.24, 2.45) is 0 Å². The number of carbonyl (C=O) groups is 1. The van der Waals surface area contributed by atoms with Gasteiger partial charge < -0.3 is 9.84 Å². The maximum absolute atomic E-state index is 12.1. The van der Waals surface area contributed by atoms with Crippen LogP contribution in [0.4, 0.5) is 0 Å². The lowest BCUT2D eigenvalue weighted by Crippen LogP contribution is -2.33. The summed E-state index contributed by atoms with van der Waals surface area (Å²) in [6.07, 6.45) is -0.271. The van der Waals surface area contributed by atoms with Crippen LogP contribution >= 0.6 is 11.3 Å². The van der Waals surface area contributed by atoms with E-state index in [4.69, 9.17) is 9.84 Å². The molecule has 8 heteroatoms. The molecule has 0 spiro atoms. The molecule has 1 atom stereocenters. The number of aryl methyl sites for hydroxylation is 1. The lowest BCUT2D eigenvalue weighted by atomic mass is 10.3. The Morgan fingerprint density at radius 3 is 2.74 bits per heavy atom. The molecule has 0 amide bonds. The summed E-state index contributed by atoms with van der Waals surface area (Å²) in [6.45, 7) is 5.72. The molecule has 1 aromatic rings. The smallest absolute Gasteiger partial charge is 0.347 e. The quantitative estimate of drug-likeness (QED) is 0.795. The summed E-state index contributed by atoms with van der Waals surface area (Å²) >= 11 is 0.906. The number of hydrogen-bond acceptors (Lipinski definition) is 5. The van der Waals surface area contributed by atoms with Crippen molar-refractivity contribution < 1.29 is 23.1 Å². The van der Waals surface area contributed by atoms with Crippen molar-refractivity contribution in [3.8, 4) is 0 Å². The molecule has 1 unspecified atom stereocenters. The SMILES string of the molecule is CCOC(C)CNS(=O)(=O)c1c(C)csc1C(=O)O. The molecule has 0 aromatic carbocycles. The Labute approximate surface area is 116 Å². The van der Waals surface area contributed by atoms with Crippen molar-refractivity contribution in [1.29, 1.82) is 0 Å². The third kappa shape index (κ3) is 4.00. The number of thiophene rings is 1. The van der Waals surface area contributed by atoms with Gasteiger partial charge in [-0.25, -0.2) is 17.9 Å². The van der Waals surface area contributed by atoms with Gasteiger partial charge in [-0.1, -0.05) is 0 Å². The number of carboxylic acid groups (broad SMARTS) is 1. The van der Waals surface area contributed by atoms with Gasteiger partial charge in [0.15, 0.2) is 0 Å². The zero-order valence-corrected chi connectivity index (χ0v) is 12.6. The molecule has 1 heterocycles. The molecule has 6 nitrogen and oxygen atoms in total. The van der Waals surface area contributed by atoms with Gasteiger partial charge in [-0.2, -0.15) is 0 Å². The zero-order chi connectivity index (χ0) is 14.6. The van der Waals surface area contributed by atoms with Crippen LogP contribution in [-0.2, 0) is 14.8 Å². The molecule has 0 aliphatic carbocycles. The fourth-order valence-corrected chi connectivity index (χ4v) is 4.30. The first-order chi connectivity index (χ1) is 8.79. The summed E-state index contributed by atoms with van der Waals surface area (Å²) in [6, 6.07) is 0. The third-order valence-electron chi connectivity index (χ3n) is 2.39. The van der Waals surface area contributed by atoms with Crippen LogP contribution in [0.5, 0.6) is 0 Å². The van der Waals surface area contributed by atoms with Gasteiger partial charge in [-0.05, 0) is 31.7 Å². The molecule has 108 valence electrons. The van der Waals surface area contributed by atoms with Gasteiger partial charge in [0, 0.05) is 13.2 Å². The van der Waals surface area contributed by atoms with Gasteiger partial charge in [0.1, 0.15) is 9.77 Å². The predicted molar refractivity (Wildman–Crippen MR) is 72.3 cm³/mol. The highest BCUT2D eigenvalue weighted by Gasteiger charge is 2.26. The van der Waals surface area contributed by atoms with Crippen molar-refractivity contribution in [3.63, 3.8) is 0 Å². The van der Waals surface area contributed by atoms with Crippen LogP contribution in [0.15, 0.2) is 10.3 Å². The first-order valence-electron chi connectivity index (χ1n) is 5.72. The molecular weight excluding hydrogens is 290 g/mol. The summed E-state index contributed by atoms with van der Waals surface area (Å²) in [5.41, 5.74) is 0.430. The number of carboxylic acids is 1. The Morgan fingerprint density at radius 1 is 1.58 bits per heavy atom. The minimum atomic E-state index is -3.84.